The molecule has 4 aromatic rings. The lowest BCUT2D eigenvalue weighted by Gasteiger charge is -2.38. The Morgan fingerprint density at radius 3 is 2.79 bits per heavy atom. The quantitative estimate of drug-likeness (QED) is 0.346. The molecule has 0 radical (unpaired) electrons. The van der Waals surface area contributed by atoms with Crippen molar-refractivity contribution in [1.29, 1.82) is 0 Å². The number of aryl methyl sites for hydroxylation is 1. The van der Waals surface area contributed by atoms with Gasteiger partial charge in [0.15, 0.2) is 5.82 Å². The average Bonchev–Trinajstić information content (AvgIpc) is 3.55. The van der Waals surface area contributed by atoms with Gasteiger partial charge in [0.05, 0.1) is 17.7 Å². The fourth-order valence-electron chi connectivity index (χ4n) is 5.64. The van der Waals surface area contributed by atoms with E-state index in [1.165, 1.54) is 6.07 Å². The highest BCUT2D eigenvalue weighted by Crippen LogP contribution is 2.31. The van der Waals surface area contributed by atoms with E-state index in [-0.39, 0.29) is 11.4 Å². The Bertz CT molecular complexity index is 1520. The molecule has 3 atom stereocenters. The van der Waals surface area contributed by atoms with E-state index in [2.05, 4.69) is 44.8 Å². The van der Waals surface area contributed by atoms with Crippen molar-refractivity contribution in [3.05, 3.63) is 48.0 Å². The van der Waals surface area contributed by atoms with E-state index in [9.17, 15) is 9.18 Å². The van der Waals surface area contributed by atoms with Crippen LogP contribution in [-0.4, -0.2) is 70.6 Å². The number of benzene rings is 2. The van der Waals surface area contributed by atoms with Crippen LogP contribution in [0.15, 0.2) is 36.7 Å². The lowest BCUT2D eigenvalue weighted by atomic mass is 10.0. The highest BCUT2D eigenvalue weighted by Gasteiger charge is 2.25. The van der Waals surface area contributed by atoms with Crippen molar-refractivity contribution in [2.24, 2.45) is 13.0 Å². The lowest BCUT2D eigenvalue weighted by molar-refractivity contribution is 0.102. The second-order valence-corrected chi connectivity index (χ2v) is 10.7. The summed E-state index contributed by atoms with van der Waals surface area (Å²) in [5.74, 6) is 0.00493. The number of ether oxygens (including phenoxy) is 1. The third-order valence-corrected chi connectivity index (χ3v) is 7.38. The van der Waals surface area contributed by atoms with Crippen LogP contribution in [0.1, 0.15) is 30.6 Å². The first-order chi connectivity index (χ1) is 18.8. The third-order valence-electron chi connectivity index (χ3n) is 7.38. The SMILES string of the molecule is C[C@@H]1CN(c2ccc(C(=O)Nc3cc(F)c4nn(C)cc4c3)c3nc(NC[C@@H]4CCOC4)ncc23)C[C@H](C)N1. The molecule has 0 spiro atoms. The maximum absolute atomic E-state index is 14.7. The van der Waals surface area contributed by atoms with Crippen LogP contribution in [0.25, 0.3) is 21.8 Å². The summed E-state index contributed by atoms with van der Waals surface area (Å²) in [5, 5.41) is 15.3. The van der Waals surface area contributed by atoms with Crippen molar-refractivity contribution >= 4 is 45.0 Å². The van der Waals surface area contributed by atoms with Gasteiger partial charge < -0.3 is 25.6 Å². The molecule has 3 N–H and O–H groups in total. The number of hydrogen-bond donors (Lipinski definition) is 3. The molecule has 0 unspecified atom stereocenters. The number of carbonyl (C=O) groups is 1. The number of rotatable bonds is 6. The molecule has 11 heteroatoms. The Hall–Kier alpha value is -3.83. The molecule has 2 aliphatic heterocycles. The number of amides is 1. The summed E-state index contributed by atoms with van der Waals surface area (Å²) < 4.78 is 21.7. The van der Waals surface area contributed by atoms with E-state index in [4.69, 9.17) is 9.72 Å². The first-order valence-corrected chi connectivity index (χ1v) is 13.4. The first-order valence-electron chi connectivity index (χ1n) is 13.4. The van der Waals surface area contributed by atoms with Gasteiger partial charge in [-0.3, -0.25) is 9.48 Å². The monoisotopic (exact) mass is 532 g/mol. The summed E-state index contributed by atoms with van der Waals surface area (Å²) in [6, 6.07) is 7.40. The van der Waals surface area contributed by atoms with Gasteiger partial charge in [-0.05, 0) is 44.5 Å². The molecular formula is C28H33FN8O2. The number of hydrogen-bond acceptors (Lipinski definition) is 8. The van der Waals surface area contributed by atoms with E-state index < -0.39 is 5.82 Å². The molecule has 2 fully saturated rings. The smallest absolute Gasteiger partial charge is 0.257 e. The molecule has 0 aliphatic carbocycles. The Labute approximate surface area is 225 Å². The summed E-state index contributed by atoms with van der Waals surface area (Å²) >= 11 is 0. The zero-order chi connectivity index (χ0) is 27.1. The highest BCUT2D eigenvalue weighted by atomic mass is 19.1. The minimum Gasteiger partial charge on any atom is -0.381 e. The van der Waals surface area contributed by atoms with Crippen LogP contribution in [0, 0.1) is 11.7 Å². The van der Waals surface area contributed by atoms with Crippen LogP contribution in [0.4, 0.5) is 21.7 Å². The molecule has 2 saturated heterocycles. The maximum Gasteiger partial charge on any atom is 0.257 e. The summed E-state index contributed by atoms with van der Waals surface area (Å²) in [5.41, 5.74) is 2.55. The number of fused-ring (bicyclic) bond motifs is 2. The summed E-state index contributed by atoms with van der Waals surface area (Å²) in [6.07, 6.45) is 4.50. The number of anilines is 3. The van der Waals surface area contributed by atoms with E-state index in [0.29, 0.717) is 52.6 Å². The Balaban J connectivity index is 1.36. The van der Waals surface area contributed by atoms with Crippen LogP contribution in [0.2, 0.25) is 0 Å². The van der Waals surface area contributed by atoms with Crippen LogP contribution in [0.5, 0.6) is 0 Å². The third kappa shape index (κ3) is 5.24. The highest BCUT2D eigenvalue weighted by molar-refractivity contribution is 6.14. The first kappa shape index (κ1) is 25.4. The molecule has 1 amide bonds. The van der Waals surface area contributed by atoms with E-state index >= 15 is 0 Å². The van der Waals surface area contributed by atoms with E-state index in [1.807, 2.05) is 6.07 Å². The zero-order valence-corrected chi connectivity index (χ0v) is 22.4. The molecule has 39 heavy (non-hydrogen) atoms. The summed E-state index contributed by atoms with van der Waals surface area (Å²) in [4.78, 5) is 25.3. The van der Waals surface area contributed by atoms with Gasteiger partial charge >= 0.3 is 0 Å². The van der Waals surface area contributed by atoms with Gasteiger partial charge in [-0.15, -0.1) is 0 Å². The van der Waals surface area contributed by atoms with Gasteiger partial charge in [-0.2, -0.15) is 5.10 Å². The number of halogens is 1. The van der Waals surface area contributed by atoms with Crippen LogP contribution < -0.4 is 20.9 Å². The molecule has 10 nitrogen and oxygen atoms in total. The molecule has 2 aromatic carbocycles. The van der Waals surface area contributed by atoms with Gasteiger partial charge in [0.1, 0.15) is 5.52 Å². The molecular weight excluding hydrogens is 499 g/mol. The molecule has 2 aliphatic rings. The fraction of sp³-hybridized carbons (Fsp3) is 0.429. The molecule has 204 valence electrons. The van der Waals surface area contributed by atoms with Crippen LogP contribution >= 0.6 is 0 Å². The van der Waals surface area contributed by atoms with Crippen molar-refractivity contribution in [1.82, 2.24) is 25.1 Å². The van der Waals surface area contributed by atoms with Gasteiger partial charge in [-0.25, -0.2) is 14.4 Å². The fourth-order valence-corrected chi connectivity index (χ4v) is 5.64. The number of carbonyl (C=O) groups excluding carboxylic acids is 1. The number of nitrogens with one attached hydrogen (secondary N) is 3. The molecule has 0 bridgehead atoms. The molecule has 2 aromatic heterocycles. The lowest BCUT2D eigenvalue weighted by Crippen LogP contribution is -2.54. The van der Waals surface area contributed by atoms with Crippen LogP contribution in [0.3, 0.4) is 0 Å². The normalized spacial score (nSPS) is 21.5. The van der Waals surface area contributed by atoms with Crippen LogP contribution in [-0.2, 0) is 11.8 Å². The van der Waals surface area contributed by atoms with Gasteiger partial charge in [0.25, 0.3) is 5.91 Å². The number of piperazine rings is 1. The standard InChI is InChI=1S/C28H33FN8O2/c1-16-12-37(13-17(2)32-16)24-5-4-21(26-22(24)11-31-28(34-26)30-10-18-6-7-39-15-18)27(38)33-20-8-19-14-36(3)35-25(19)23(29)9-20/h4-5,8-9,11,14,16-18,32H,6-7,10,12-13,15H2,1-3H3,(H,33,38)(H,30,31,34)/t16-,17+,18-/m0/s1. The van der Waals surface area contributed by atoms with Crippen molar-refractivity contribution in [3.8, 4) is 0 Å². The van der Waals surface area contributed by atoms with Crippen molar-refractivity contribution in [2.75, 3.05) is 48.4 Å². The minimum atomic E-state index is -0.491. The largest absolute Gasteiger partial charge is 0.381 e. The van der Waals surface area contributed by atoms with Crippen molar-refractivity contribution < 1.29 is 13.9 Å². The molecule has 4 heterocycles. The molecule has 0 saturated carbocycles. The van der Waals surface area contributed by atoms with E-state index in [0.717, 1.165) is 43.8 Å². The van der Waals surface area contributed by atoms with Gasteiger partial charge in [0, 0.05) is 85.8 Å². The Morgan fingerprint density at radius 2 is 2.03 bits per heavy atom. The molecule has 6 rings (SSSR count). The van der Waals surface area contributed by atoms with Crippen molar-refractivity contribution in [2.45, 2.75) is 32.4 Å². The Morgan fingerprint density at radius 1 is 1.21 bits per heavy atom. The minimum absolute atomic E-state index is 0.265. The predicted molar refractivity (Wildman–Crippen MR) is 150 cm³/mol. The second kappa shape index (κ2) is 10.4. The maximum atomic E-state index is 14.7. The Kier molecular flexibility index (Phi) is 6.78. The number of nitrogens with zero attached hydrogens (tertiary/aromatic N) is 5. The number of aromatic nitrogens is 4. The second-order valence-electron chi connectivity index (χ2n) is 10.7. The topological polar surface area (TPSA) is 109 Å². The summed E-state index contributed by atoms with van der Waals surface area (Å²) in [6.45, 7) is 8.17. The average molecular weight is 533 g/mol. The van der Waals surface area contributed by atoms with E-state index in [1.54, 1.807) is 36.3 Å². The van der Waals surface area contributed by atoms with Gasteiger partial charge in [0.2, 0.25) is 5.95 Å². The van der Waals surface area contributed by atoms with Gasteiger partial charge in [-0.1, -0.05) is 0 Å². The summed E-state index contributed by atoms with van der Waals surface area (Å²) in [7, 11) is 1.73. The zero-order valence-electron chi connectivity index (χ0n) is 22.4. The predicted octanol–water partition coefficient (Wildman–Crippen LogP) is 3.54. The van der Waals surface area contributed by atoms with Crippen molar-refractivity contribution in [3.63, 3.8) is 0 Å².